The van der Waals surface area contributed by atoms with Crippen molar-refractivity contribution in [3.05, 3.63) is 14.7 Å². The first-order chi connectivity index (χ1) is 9.66. The maximum atomic E-state index is 12.5. The van der Waals surface area contributed by atoms with Gasteiger partial charge in [-0.1, -0.05) is 0 Å². The van der Waals surface area contributed by atoms with Gasteiger partial charge < -0.3 is 5.11 Å². The highest BCUT2D eigenvalue weighted by Crippen LogP contribution is 2.33. The molecule has 0 saturated carbocycles. The standard InChI is InChI=1S/C10H15BrN2O5S3/c1-20(15,16)12-2-4-13(5-3-12)21(17,18)9-6-8(7-14)19-10(9)11/h6,14H,2-5,7H2,1H3. The molecule has 2 heterocycles. The molecule has 0 spiro atoms. The van der Waals surface area contributed by atoms with E-state index in [1.807, 2.05) is 0 Å². The summed E-state index contributed by atoms with van der Waals surface area (Å²) >= 11 is 4.36. The van der Waals surface area contributed by atoms with Crippen LogP contribution < -0.4 is 0 Å². The molecule has 1 aliphatic heterocycles. The first kappa shape index (κ1) is 17.3. The van der Waals surface area contributed by atoms with Crippen LogP contribution in [0.25, 0.3) is 0 Å². The number of nitrogens with zero attached hydrogens (tertiary/aromatic N) is 2. The average molecular weight is 419 g/mol. The molecule has 0 bridgehead atoms. The van der Waals surface area contributed by atoms with Crippen LogP contribution >= 0.6 is 27.3 Å². The molecule has 0 aromatic carbocycles. The molecule has 1 fully saturated rings. The van der Waals surface area contributed by atoms with E-state index in [0.717, 1.165) is 17.6 Å². The second-order valence-electron chi connectivity index (χ2n) is 4.57. The van der Waals surface area contributed by atoms with E-state index in [-0.39, 0.29) is 37.7 Å². The van der Waals surface area contributed by atoms with Crippen LogP contribution in [-0.4, -0.2) is 63.0 Å². The second-order valence-corrected chi connectivity index (χ2v) is 10.9. The Kier molecular flexibility index (Phi) is 5.13. The molecule has 1 N–H and O–H groups in total. The van der Waals surface area contributed by atoms with E-state index in [1.54, 1.807) is 0 Å². The van der Waals surface area contributed by atoms with Gasteiger partial charge in [0.2, 0.25) is 20.0 Å². The van der Waals surface area contributed by atoms with Crippen LogP contribution in [0.15, 0.2) is 14.7 Å². The molecule has 0 atom stereocenters. The molecule has 2 rings (SSSR count). The van der Waals surface area contributed by atoms with E-state index < -0.39 is 20.0 Å². The fourth-order valence-corrected chi connectivity index (χ4v) is 6.77. The van der Waals surface area contributed by atoms with E-state index >= 15 is 0 Å². The zero-order valence-electron chi connectivity index (χ0n) is 11.2. The van der Waals surface area contributed by atoms with Crippen molar-refractivity contribution in [2.75, 3.05) is 32.4 Å². The maximum Gasteiger partial charge on any atom is 0.245 e. The summed E-state index contributed by atoms with van der Waals surface area (Å²) in [6.45, 7) is 0.304. The van der Waals surface area contributed by atoms with Gasteiger partial charge >= 0.3 is 0 Å². The number of aliphatic hydroxyl groups is 1. The van der Waals surface area contributed by atoms with Gasteiger partial charge in [-0.15, -0.1) is 11.3 Å². The molecule has 0 amide bonds. The van der Waals surface area contributed by atoms with Crippen LogP contribution in [0.2, 0.25) is 0 Å². The Morgan fingerprint density at radius 2 is 1.71 bits per heavy atom. The van der Waals surface area contributed by atoms with Crippen molar-refractivity contribution < 1.29 is 21.9 Å². The Balaban J connectivity index is 2.20. The summed E-state index contributed by atoms with van der Waals surface area (Å²) in [6.07, 6.45) is 1.11. The summed E-state index contributed by atoms with van der Waals surface area (Å²) in [6, 6.07) is 1.44. The van der Waals surface area contributed by atoms with Crippen LogP contribution in [0.3, 0.4) is 0 Å². The lowest BCUT2D eigenvalue weighted by atomic mass is 10.4. The first-order valence-corrected chi connectivity index (χ1v) is 10.9. The predicted octanol–water partition coefficient (Wildman–Crippen LogP) is 0.269. The van der Waals surface area contributed by atoms with Crippen molar-refractivity contribution in [1.82, 2.24) is 8.61 Å². The Morgan fingerprint density at radius 3 is 2.14 bits per heavy atom. The molecular formula is C10H15BrN2O5S3. The third-order valence-corrected chi connectivity index (χ3v) is 8.59. The second kappa shape index (κ2) is 6.22. The summed E-state index contributed by atoms with van der Waals surface area (Å²) < 4.78 is 50.9. The van der Waals surface area contributed by atoms with E-state index in [4.69, 9.17) is 5.11 Å². The summed E-state index contributed by atoms with van der Waals surface area (Å²) in [4.78, 5) is 0.666. The number of aliphatic hydroxyl groups excluding tert-OH is 1. The largest absolute Gasteiger partial charge is 0.391 e. The van der Waals surface area contributed by atoms with Gasteiger partial charge in [0.25, 0.3) is 0 Å². The van der Waals surface area contributed by atoms with Gasteiger partial charge in [0, 0.05) is 31.1 Å². The number of piperazine rings is 1. The lowest BCUT2D eigenvalue weighted by Gasteiger charge is -2.32. The van der Waals surface area contributed by atoms with Gasteiger partial charge in [-0.05, 0) is 22.0 Å². The SMILES string of the molecule is CS(=O)(=O)N1CCN(S(=O)(=O)c2cc(CO)sc2Br)CC1. The Hall–Kier alpha value is -0.0400. The quantitative estimate of drug-likeness (QED) is 0.756. The number of thiophene rings is 1. The molecule has 0 unspecified atom stereocenters. The van der Waals surface area contributed by atoms with Crippen molar-refractivity contribution >= 4 is 47.3 Å². The number of hydrogen-bond acceptors (Lipinski definition) is 6. The topological polar surface area (TPSA) is 95.0 Å². The Morgan fingerprint density at radius 1 is 1.19 bits per heavy atom. The Labute approximate surface area is 136 Å². The van der Waals surface area contributed by atoms with Gasteiger partial charge in [0.1, 0.15) is 4.90 Å². The van der Waals surface area contributed by atoms with Gasteiger partial charge in [-0.3, -0.25) is 0 Å². The molecule has 0 radical (unpaired) electrons. The van der Waals surface area contributed by atoms with E-state index in [2.05, 4.69) is 15.9 Å². The average Bonchev–Trinajstić information content (AvgIpc) is 2.80. The minimum atomic E-state index is -3.69. The van der Waals surface area contributed by atoms with Gasteiger partial charge in [0.05, 0.1) is 16.6 Å². The van der Waals surface area contributed by atoms with Crippen molar-refractivity contribution in [2.24, 2.45) is 0 Å². The summed E-state index contributed by atoms with van der Waals surface area (Å²) in [5.41, 5.74) is 0. The molecular weight excluding hydrogens is 404 g/mol. The molecule has 1 aliphatic rings. The number of sulfonamides is 2. The van der Waals surface area contributed by atoms with Gasteiger partial charge in [-0.25, -0.2) is 16.8 Å². The minimum Gasteiger partial charge on any atom is -0.391 e. The van der Waals surface area contributed by atoms with Crippen molar-refractivity contribution in [3.63, 3.8) is 0 Å². The highest BCUT2D eigenvalue weighted by atomic mass is 79.9. The highest BCUT2D eigenvalue weighted by Gasteiger charge is 2.33. The zero-order chi connectivity index (χ0) is 15.8. The van der Waals surface area contributed by atoms with E-state index in [1.165, 1.54) is 14.7 Å². The van der Waals surface area contributed by atoms with Crippen LogP contribution in [0, 0.1) is 0 Å². The van der Waals surface area contributed by atoms with Crippen molar-refractivity contribution in [2.45, 2.75) is 11.5 Å². The third kappa shape index (κ3) is 3.66. The number of rotatable bonds is 4. The maximum absolute atomic E-state index is 12.5. The minimum absolute atomic E-state index is 0.115. The third-order valence-electron chi connectivity index (χ3n) is 3.15. The van der Waals surface area contributed by atoms with Gasteiger partial charge in [-0.2, -0.15) is 8.61 Å². The number of halogens is 1. The van der Waals surface area contributed by atoms with Crippen LogP contribution in [0.4, 0.5) is 0 Å². The fraction of sp³-hybridized carbons (Fsp3) is 0.600. The molecule has 120 valence electrons. The summed E-state index contributed by atoms with van der Waals surface area (Å²) in [5, 5.41) is 9.08. The summed E-state index contributed by atoms with van der Waals surface area (Å²) in [5.74, 6) is 0. The monoisotopic (exact) mass is 418 g/mol. The van der Waals surface area contributed by atoms with Crippen molar-refractivity contribution in [1.29, 1.82) is 0 Å². The molecule has 1 saturated heterocycles. The lowest BCUT2D eigenvalue weighted by Crippen LogP contribution is -2.50. The van der Waals surface area contributed by atoms with E-state index in [9.17, 15) is 16.8 Å². The molecule has 1 aromatic heterocycles. The normalized spacial score (nSPS) is 19.0. The van der Waals surface area contributed by atoms with Crippen LogP contribution in [0.1, 0.15) is 4.88 Å². The smallest absolute Gasteiger partial charge is 0.245 e. The lowest BCUT2D eigenvalue weighted by molar-refractivity contribution is 0.274. The highest BCUT2D eigenvalue weighted by molar-refractivity contribution is 9.11. The Bertz CT molecular complexity index is 720. The predicted molar refractivity (Wildman–Crippen MR) is 83.1 cm³/mol. The molecule has 11 heteroatoms. The zero-order valence-corrected chi connectivity index (χ0v) is 15.2. The van der Waals surface area contributed by atoms with Crippen LogP contribution in [0.5, 0.6) is 0 Å². The van der Waals surface area contributed by atoms with Gasteiger partial charge in [0.15, 0.2) is 0 Å². The first-order valence-electron chi connectivity index (χ1n) is 6.00. The fourth-order valence-electron chi connectivity index (χ4n) is 2.03. The molecule has 7 nitrogen and oxygen atoms in total. The van der Waals surface area contributed by atoms with Crippen molar-refractivity contribution in [3.8, 4) is 0 Å². The van der Waals surface area contributed by atoms with Crippen LogP contribution in [-0.2, 0) is 26.7 Å². The molecule has 0 aliphatic carbocycles. The van der Waals surface area contributed by atoms with E-state index in [0.29, 0.717) is 8.66 Å². The molecule has 21 heavy (non-hydrogen) atoms. The molecule has 1 aromatic rings. The summed E-state index contributed by atoms with van der Waals surface area (Å²) in [7, 11) is -6.98. The number of hydrogen-bond donors (Lipinski definition) is 1.